The van der Waals surface area contributed by atoms with Crippen LogP contribution in [0, 0.1) is 11.8 Å². The first-order valence-corrected chi connectivity index (χ1v) is 11.6. The smallest absolute Gasteiger partial charge is 0.331 e. The van der Waals surface area contributed by atoms with Crippen LogP contribution in [0.3, 0.4) is 0 Å². The van der Waals surface area contributed by atoms with Gasteiger partial charge in [0.2, 0.25) is 0 Å². The van der Waals surface area contributed by atoms with Gasteiger partial charge in [-0.15, -0.1) is 0 Å². The second kappa shape index (κ2) is 16.2. The van der Waals surface area contributed by atoms with Gasteiger partial charge < -0.3 is 14.9 Å². The van der Waals surface area contributed by atoms with Crippen molar-refractivity contribution in [1.82, 2.24) is 0 Å². The molecule has 0 spiro atoms. The number of aliphatic hydroxyl groups is 2. The maximum atomic E-state index is 12.2. The van der Waals surface area contributed by atoms with Crippen LogP contribution in [0.5, 0.6) is 0 Å². The molecule has 1 rings (SSSR count). The molecule has 0 saturated heterocycles. The third-order valence-corrected chi connectivity index (χ3v) is 5.12. The number of esters is 1. The lowest BCUT2D eigenvalue weighted by molar-refractivity contribution is -0.140. The average molecular weight is 441 g/mol. The summed E-state index contributed by atoms with van der Waals surface area (Å²) in [7, 11) is 0. The molecule has 0 radical (unpaired) electrons. The predicted molar refractivity (Wildman–Crippen MR) is 133 cm³/mol. The predicted octanol–water partition coefficient (Wildman–Crippen LogP) is 5.77. The third kappa shape index (κ3) is 13.1. The molecule has 0 aromatic rings. The molecule has 0 saturated carbocycles. The summed E-state index contributed by atoms with van der Waals surface area (Å²) in [5.74, 6) is -0.0656. The molecule has 5 atom stereocenters. The molecule has 0 unspecified atom stereocenters. The van der Waals surface area contributed by atoms with Crippen molar-refractivity contribution in [3.8, 4) is 0 Å². The molecule has 0 aromatic heterocycles. The Bertz CT molecular complexity index is 751. The van der Waals surface area contributed by atoms with E-state index in [-0.39, 0.29) is 24.4 Å². The van der Waals surface area contributed by atoms with Gasteiger partial charge in [-0.05, 0) is 31.8 Å². The van der Waals surface area contributed by atoms with E-state index < -0.39 is 12.2 Å². The first kappa shape index (κ1) is 27.6. The summed E-state index contributed by atoms with van der Waals surface area (Å²) >= 11 is 0. The van der Waals surface area contributed by atoms with Crippen LogP contribution in [0.1, 0.15) is 53.4 Å². The number of hydrogen-bond acceptors (Lipinski definition) is 4. The van der Waals surface area contributed by atoms with E-state index in [0.717, 1.165) is 18.4 Å². The van der Waals surface area contributed by atoms with Crippen LogP contribution in [0.25, 0.3) is 0 Å². The summed E-state index contributed by atoms with van der Waals surface area (Å²) in [6.07, 6.45) is 25.2. The lowest BCUT2D eigenvalue weighted by atomic mass is 9.97. The van der Waals surface area contributed by atoms with Crippen molar-refractivity contribution < 1.29 is 19.7 Å². The highest BCUT2D eigenvalue weighted by molar-refractivity contribution is 5.82. The Morgan fingerprint density at radius 1 is 1.03 bits per heavy atom. The minimum Gasteiger partial charge on any atom is -0.455 e. The van der Waals surface area contributed by atoms with Gasteiger partial charge in [0, 0.05) is 24.8 Å². The van der Waals surface area contributed by atoms with Crippen LogP contribution in [-0.4, -0.2) is 34.5 Å². The van der Waals surface area contributed by atoms with Crippen LogP contribution in [0.4, 0.5) is 0 Å². The average Bonchev–Trinajstić information content (AvgIpc) is 2.74. The molecule has 0 aliphatic carbocycles. The van der Waals surface area contributed by atoms with Gasteiger partial charge in [-0.3, -0.25) is 0 Å². The summed E-state index contributed by atoms with van der Waals surface area (Å²) in [5, 5.41) is 20.5. The number of carbonyl (C=O) groups is 1. The van der Waals surface area contributed by atoms with Gasteiger partial charge >= 0.3 is 5.97 Å². The molecule has 1 aliphatic heterocycles. The van der Waals surface area contributed by atoms with Gasteiger partial charge in [-0.2, -0.15) is 0 Å². The van der Waals surface area contributed by atoms with Crippen molar-refractivity contribution in [3.63, 3.8) is 0 Å². The normalized spacial score (nSPS) is 35.0. The van der Waals surface area contributed by atoms with E-state index in [2.05, 4.69) is 19.1 Å². The quantitative estimate of drug-likeness (QED) is 0.423. The van der Waals surface area contributed by atoms with Crippen LogP contribution in [0.2, 0.25) is 0 Å². The summed E-state index contributed by atoms with van der Waals surface area (Å²) in [4.78, 5) is 12.2. The molecule has 176 valence electrons. The molecule has 0 aromatic carbocycles. The molecular formula is C28H40O4. The van der Waals surface area contributed by atoms with Crippen molar-refractivity contribution in [2.24, 2.45) is 11.8 Å². The Morgan fingerprint density at radius 2 is 1.81 bits per heavy atom. The number of ether oxygens (including phenoxy) is 1. The van der Waals surface area contributed by atoms with Crippen LogP contribution < -0.4 is 0 Å². The number of carbonyl (C=O) groups excluding carboxylic acids is 1. The van der Waals surface area contributed by atoms with Gasteiger partial charge in [0.15, 0.2) is 0 Å². The van der Waals surface area contributed by atoms with Crippen molar-refractivity contribution in [3.05, 3.63) is 84.6 Å². The van der Waals surface area contributed by atoms with E-state index in [1.54, 1.807) is 18.2 Å². The zero-order valence-corrected chi connectivity index (χ0v) is 19.9. The number of rotatable bonds is 2. The summed E-state index contributed by atoms with van der Waals surface area (Å²) in [5.41, 5.74) is 0.962. The Labute approximate surface area is 194 Å². The van der Waals surface area contributed by atoms with Gasteiger partial charge in [-0.1, -0.05) is 93.2 Å². The Morgan fingerprint density at radius 3 is 2.56 bits per heavy atom. The Hall–Kier alpha value is -2.43. The minimum atomic E-state index is -0.723. The monoisotopic (exact) mass is 440 g/mol. The van der Waals surface area contributed by atoms with Gasteiger partial charge in [0.05, 0.1) is 12.2 Å². The van der Waals surface area contributed by atoms with E-state index in [0.29, 0.717) is 12.3 Å². The molecule has 4 heteroatoms. The number of cyclic esters (lactones) is 1. The van der Waals surface area contributed by atoms with Crippen molar-refractivity contribution >= 4 is 5.97 Å². The van der Waals surface area contributed by atoms with E-state index in [1.807, 2.05) is 63.3 Å². The molecule has 4 nitrogen and oxygen atoms in total. The second-order valence-electron chi connectivity index (χ2n) is 8.36. The number of aliphatic hydroxyl groups excluding tert-OH is 2. The topological polar surface area (TPSA) is 66.8 Å². The lowest BCUT2D eigenvalue weighted by Crippen LogP contribution is -2.21. The largest absolute Gasteiger partial charge is 0.455 e. The molecular weight excluding hydrogens is 400 g/mol. The molecule has 0 bridgehead atoms. The van der Waals surface area contributed by atoms with Crippen molar-refractivity contribution in [2.75, 3.05) is 0 Å². The molecule has 0 fully saturated rings. The van der Waals surface area contributed by atoms with Crippen molar-refractivity contribution in [1.29, 1.82) is 0 Å². The highest BCUT2D eigenvalue weighted by Gasteiger charge is 2.14. The summed E-state index contributed by atoms with van der Waals surface area (Å²) < 4.78 is 5.55. The van der Waals surface area contributed by atoms with Gasteiger partial charge in [0.25, 0.3) is 0 Å². The fourth-order valence-electron chi connectivity index (χ4n) is 3.03. The van der Waals surface area contributed by atoms with E-state index >= 15 is 0 Å². The fourth-order valence-corrected chi connectivity index (χ4v) is 3.03. The van der Waals surface area contributed by atoms with E-state index in [9.17, 15) is 15.0 Å². The molecule has 1 heterocycles. The number of allylic oxidation sites excluding steroid dienone is 9. The first-order chi connectivity index (χ1) is 15.3. The summed E-state index contributed by atoms with van der Waals surface area (Å²) in [6.45, 7) is 8.06. The van der Waals surface area contributed by atoms with E-state index in [1.165, 1.54) is 6.08 Å². The lowest BCUT2D eigenvalue weighted by Gasteiger charge is -2.17. The zero-order valence-electron chi connectivity index (χ0n) is 19.9. The Balaban J connectivity index is 2.99. The molecule has 2 N–H and O–H groups in total. The highest BCUT2D eigenvalue weighted by atomic mass is 16.5. The fraction of sp³-hybridized carbons (Fsp3) is 0.464. The summed E-state index contributed by atoms with van der Waals surface area (Å²) in [6, 6.07) is 0. The van der Waals surface area contributed by atoms with Gasteiger partial charge in [0.1, 0.15) is 6.10 Å². The standard InChI is InChI=1S/C28H40O4/c1-5-6-17-26-18-9-7-8-16-25(29)21-27(30)24(4)15-11-14-22(2)12-10-13-23(3)19-20-28(31)32-26/h6-13,15-17,19-20,22,24-27,29-30H,5,14,18,21H2,1-4H3/b9-7+,12-10+,15-11+,16-8?,17-6+,20-19+,23-13+/t22-,24-,25-,26-,27+/m0/s1. The number of hydrogen-bond donors (Lipinski definition) is 2. The maximum Gasteiger partial charge on any atom is 0.331 e. The third-order valence-electron chi connectivity index (χ3n) is 5.12. The van der Waals surface area contributed by atoms with Crippen molar-refractivity contribution in [2.45, 2.75) is 71.7 Å². The zero-order chi connectivity index (χ0) is 23.8. The van der Waals surface area contributed by atoms with Crippen LogP contribution >= 0.6 is 0 Å². The Kier molecular flexibility index (Phi) is 14.0. The van der Waals surface area contributed by atoms with Crippen LogP contribution in [0.15, 0.2) is 84.6 Å². The second-order valence-corrected chi connectivity index (χ2v) is 8.36. The first-order valence-electron chi connectivity index (χ1n) is 11.6. The minimum absolute atomic E-state index is 0.0318. The molecule has 0 amide bonds. The molecule has 1 aliphatic rings. The molecule has 32 heavy (non-hydrogen) atoms. The van der Waals surface area contributed by atoms with Gasteiger partial charge in [-0.25, -0.2) is 4.79 Å². The van der Waals surface area contributed by atoms with Crippen LogP contribution in [-0.2, 0) is 9.53 Å². The highest BCUT2D eigenvalue weighted by Crippen LogP contribution is 2.14. The SMILES string of the molecule is CC/C=C/[C@H]1C/C=C/C=C[C@H](O)C[C@@H](O)[C@@H](C)/C=C/C[C@@H](C)/C=C/C=C(C)/C=C/C(=O)O1. The maximum absolute atomic E-state index is 12.2. The van der Waals surface area contributed by atoms with E-state index in [4.69, 9.17) is 4.74 Å².